The van der Waals surface area contributed by atoms with Gasteiger partial charge in [-0.3, -0.25) is 9.78 Å². The summed E-state index contributed by atoms with van der Waals surface area (Å²) >= 11 is 1.62. The first kappa shape index (κ1) is 15.7. The molecule has 0 saturated carbocycles. The van der Waals surface area contributed by atoms with Crippen LogP contribution >= 0.6 is 11.3 Å². The normalized spacial score (nSPS) is 15.6. The van der Waals surface area contributed by atoms with E-state index in [0.29, 0.717) is 18.0 Å². The summed E-state index contributed by atoms with van der Waals surface area (Å²) in [5, 5.41) is 4.93. The van der Waals surface area contributed by atoms with E-state index in [1.807, 2.05) is 47.8 Å². The number of fused-ring (bicyclic) bond motifs is 1. The molecule has 2 aromatic heterocycles. The van der Waals surface area contributed by atoms with Gasteiger partial charge in [-0.15, -0.1) is 11.3 Å². The zero-order valence-corrected chi connectivity index (χ0v) is 14.2. The van der Waals surface area contributed by atoms with Crippen molar-refractivity contribution in [2.24, 2.45) is 0 Å². The zero-order valence-electron chi connectivity index (χ0n) is 13.3. The molecule has 0 aliphatic carbocycles. The smallest absolute Gasteiger partial charge is 0.264 e. The average molecular weight is 352 g/mol. The fourth-order valence-corrected chi connectivity index (χ4v) is 3.42. The number of carbonyl (C=O) groups excluding carboxylic acids is 1. The van der Waals surface area contributed by atoms with Gasteiger partial charge in [0, 0.05) is 12.7 Å². The van der Waals surface area contributed by atoms with Crippen LogP contribution in [0.3, 0.4) is 0 Å². The van der Waals surface area contributed by atoms with Crippen molar-refractivity contribution in [2.75, 3.05) is 6.61 Å². The van der Waals surface area contributed by atoms with Gasteiger partial charge in [-0.2, -0.15) is 0 Å². The Morgan fingerprint density at radius 1 is 1.16 bits per heavy atom. The summed E-state index contributed by atoms with van der Waals surface area (Å²) in [5.74, 6) is 1.06. The molecule has 3 aromatic rings. The predicted octanol–water partition coefficient (Wildman–Crippen LogP) is 3.27. The summed E-state index contributed by atoms with van der Waals surface area (Å²) in [6.45, 7) is 0.592. The summed E-state index contributed by atoms with van der Waals surface area (Å²) < 4.78 is 11.3. The highest BCUT2D eigenvalue weighted by Gasteiger charge is 2.27. The molecule has 3 heterocycles. The Kier molecular flexibility index (Phi) is 4.35. The van der Waals surface area contributed by atoms with Gasteiger partial charge in [0.1, 0.15) is 6.61 Å². The molecule has 0 spiro atoms. The maximum atomic E-state index is 12.4. The van der Waals surface area contributed by atoms with Crippen molar-refractivity contribution in [1.29, 1.82) is 0 Å². The lowest BCUT2D eigenvalue weighted by atomic mass is 10.1. The van der Waals surface area contributed by atoms with Crippen LogP contribution in [0.5, 0.6) is 11.5 Å². The maximum absolute atomic E-state index is 12.4. The Morgan fingerprint density at radius 2 is 2.04 bits per heavy atom. The van der Waals surface area contributed by atoms with Gasteiger partial charge >= 0.3 is 0 Å². The minimum absolute atomic E-state index is 0.199. The number of hydrogen-bond acceptors (Lipinski definition) is 5. The minimum Gasteiger partial charge on any atom is -0.485 e. The Bertz CT molecular complexity index is 880. The van der Waals surface area contributed by atoms with Crippen LogP contribution in [0.1, 0.15) is 5.56 Å². The predicted molar refractivity (Wildman–Crippen MR) is 95.7 cm³/mol. The highest BCUT2D eigenvalue weighted by molar-refractivity contribution is 7.13. The van der Waals surface area contributed by atoms with Gasteiger partial charge in [0.05, 0.1) is 10.6 Å². The Balaban J connectivity index is 1.44. The van der Waals surface area contributed by atoms with Gasteiger partial charge in [-0.05, 0) is 35.2 Å². The van der Waals surface area contributed by atoms with Gasteiger partial charge in [0.2, 0.25) is 6.10 Å². The van der Waals surface area contributed by atoms with Crippen molar-refractivity contribution in [3.8, 4) is 22.1 Å². The number of ether oxygens (including phenoxy) is 2. The molecule has 6 heteroatoms. The maximum Gasteiger partial charge on any atom is 0.264 e. The number of carbonyl (C=O) groups is 1. The Morgan fingerprint density at radius 3 is 2.88 bits per heavy atom. The van der Waals surface area contributed by atoms with Crippen LogP contribution in [-0.4, -0.2) is 23.6 Å². The Hall–Kier alpha value is -2.86. The number of amides is 1. The lowest BCUT2D eigenvalue weighted by molar-refractivity contribution is -0.130. The van der Waals surface area contributed by atoms with Crippen LogP contribution in [0.25, 0.3) is 10.6 Å². The van der Waals surface area contributed by atoms with E-state index in [2.05, 4.69) is 10.3 Å². The number of aromatic nitrogens is 1. The number of pyridine rings is 1. The lowest BCUT2D eigenvalue weighted by Crippen LogP contribution is -2.43. The van der Waals surface area contributed by atoms with Crippen LogP contribution in [0.4, 0.5) is 0 Å². The van der Waals surface area contributed by atoms with E-state index >= 15 is 0 Å². The van der Waals surface area contributed by atoms with E-state index < -0.39 is 6.10 Å². The van der Waals surface area contributed by atoms with Gasteiger partial charge in [-0.25, -0.2) is 0 Å². The van der Waals surface area contributed by atoms with E-state index in [0.717, 1.165) is 16.1 Å². The summed E-state index contributed by atoms with van der Waals surface area (Å²) in [4.78, 5) is 18.0. The largest absolute Gasteiger partial charge is 0.485 e. The molecule has 4 rings (SSSR count). The van der Waals surface area contributed by atoms with Crippen LogP contribution < -0.4 is 14.8 Å². The van der Waals surface area contributed by atoms with E-state index in [-0.39, 0.29) is 12.5 Å². The summed E-state index contributed by atoms with van der Waals surface area (Å²) in [5.41, 5.74) is 1.86. The van der Waals surface area contributed by atoms with E-state index in [4.69, 9.17) is 9.47 Å². The SMILES string of the molecule is O=C(NCc1cccnc1-c1cccs1)C1COc2ccccc2O1. The van der Waals surface area contributed by atoms with E-state index in [1.54, 1.807) is 23.6 Å². The molecule has 0 bridgehead atoms. The highest BCUT2D eigenvalue weighted by atomic mass is 32.1. The third-order valence-electron chi connectivity index (χ3n) is 3.90. The number of rotatable bonds is 4. The van der Waals surface area contributed by atoms with E-state index in [9.17, 15) is 4.79 Å². The first-order valence-electron chi connectivity index (χ1n) is 7.95. The highest BCUT2D eigenvalue weighted by Crippen LogP contribution is 2.31. The quantitative estimate of drug-likeness (QED) is 0.783. The second-order valence-electron chi connectivity index (χ2n) is 5.57. The van der Waals surface area contributed by atoms with Gasteiger partial charge in [0.25, 0.3) is 5.91 Å². The number of para-hydroxylation sites is 2. The molecule has 5 nitrogen and oxygen atoms in total. The average Bonchev–Trinajstić information content (AvgIpc) is 3.20. The van der Waals surface area contributed by atoms with E-state index in [1.165, 1.54) is 0 Å². The van der Waals surface area contributed by atoms with Gasteiger partial charge < -0.3 is 14.8 Å². The van der Waals surface area contributed by atoms with Crippen molar-refractivity contribution in [2.45, 2.75) is 12.6 Å². The molecule has 0 radical (unpaired) electrons. The fourth-order valence-electron chi connectivity index (χ4n) is 2.66. The molecule has 1 aromatic carbocycles. The molecule has 1 unspecified atom stereocenters. The zero-order chi connectivity index (χ0) is 17.1. The molecule has 126 valence electrons. The third kappa shape index (κ3) is 3.34. The molecule has 1 aliphatic rings. The minimum atomic E-state index is -0.656. The van der Waals surface area contributed by atoms with Crippen molar-refractivity contribution in [3.63, 3.8) is 0 Å². The summed E-state index contributed by atoms with van der Waals surface area (Å²) in [7, 11) is 0. The molecule has 1 atom stereocenters. The van der Waals surface area contributed by atoms with Crippen molar-refractivity contribution in [3.05, 3.63) is 65.7 Å². The summed E-state index contributed by atoms with van der Waals surface area (Å²) in [6, 6.07) is 15.2. The monoisotopic (exact) mass is 352 g/mol. The van der Waals surface area contributed by atoms with Crippen molar-refractivity contribution < 1.29 is 14.3 Å². The first-order valence-corrected chi connectivity index (χ1v) is 8.83. The molecular weight excluding hydrogens is 336 g/mol. The lowest BCUT2D eigenvalue weighted by Gasteiger charge is -2.25. The topological polar surface area (TPSA) is 60.5 Å². The molecule has 1 amide bonds. The third-order valence-corrected chi connectivity index (χ3v) is 4.78. The number of nitrogens with zero attached hydrogens (tertiary/aromatic N) is 1. The number of benzene rings is 1. The number of nitrogens with one attached hydrogen (secondary N) is 1. The number of thiophene rings is 1. The molecule has 0 fully saturated rings. The van der Waals surface area contributed by atoms with Crippen LogP contribution in [-0.2, 0) is 11.3 Å². The van der Waals surface area contributed by atoms with Crippen molar-refractivity contribution in [1.82, 2.24) is 10.3 Å². The molecular formula is C19H16N2O3S. The fraction of sp³-hybridized carbons (Fsp3) is 0.158. The Labute approximate surface area is 149 Å². The molecule has 0 saturated heterocycles. The molecule has 1 N–H and O–H groups in total. The molecule has 1 aliphatic heterocycles. The van der Waals surface area contributed by atoms with Crippen LogP contribution in [0.15, 0.2) is 60.1 Å². The molecule has 25 heavy (non-hydrogen) atoms. The van der Waals surface area contributed by atoms with Crippen molar-refractivity contribution >= 4 is 17.2 Å². The second-order valence-corrected chi connectivity index (χ2v) is 6.52. The standard InChI is InChI=1S/C19H16N2O3S/c22-19(16-12-23-14-6-1-2-7-15(14)24-16)21-11-13-5-3-9-20-18(13)17-8-4-10-25-17/h1-10,16H,11-12H2,(H,21,22). The van der Waals surface area contributed by atoms with Gasteiger partial charge in [0.15, 0.2) is 11.5 Å². The summed E-state index contributed by atoms with van der Waals surface area (Å²) in [6.07, 6.45) is 1.10. The van der Waals surface area contributed by atoms with Crippen LogP contribution in [0, 0.1) is 0 Å². The van der Waals surface area contributed by atoms with Crippen LogP contribution in [0.2, 0.25) is 0 Å². The second kappa shape index (κ2) is 6.94. The van der Waals surface area contributed by atoms with Gasteiger partial charge in [-0.1, -0.05) is 24.3 Å². The number of hydrogen-bond donors (Lipinski definition) is 1. The first-order chi connectivity index (χ1) is 12.3.